The summed E-state index contributed by atoms with van der Waals surface area (Å²) in [4.78, 5) is 12.0. The van der Waals surface area contributed by atoms with E-state index in [1.807, 2.05) is 13.8 Å². The number of carbonyl (C=O) groups excluding carboxylic acids is 1. The number of anilines is 1. The molecule has 1 atom stereocenters. The van der Waals surface area contributed by atoms with E-state index < -0.39 is 6.10 Å². The molecule has 0 fully saturated rings. The predicted octanol–water partition coefficient (Wildman–Crippen LogP) is 2.35. The quantitative estimate of drug-likeness (QED) is 0.752. The van der Waals surface area contributed by atoms with Crippen molar-refractivity contribution in [2.75, 3.05) is 12.8 Å². The number of carbonyl (C=O) groups is 1. The van der Waals surface area contributed by atoms with Crippen LogP contribution in [0.1, 0.15) is 33.6 Å². The third-order valence-corrected chi connectivity index (χ3v) is 3.23. The largest absolute Gasteiger partial charge is 0.497 e. The van der Waals surface area contributed by atoms with Crippen LogP contribution < -0.4 is 20.5 Å². The van der Waals surface area contributed by atoms with Crippen molar-refractivity contribution >= 4 is 11.6 Å². The van der Waals surface area contributed by atoms with Gasteiger partial charge in [-0.05, 0) is 31.9 Å². The van der Waals surface area contributed by atoms with Crippen LogP contribution in [0.5, 0.6) is 11.5 Å². The molecule has 1 aromatic rings. The fourth-order valence-corrected chi connectivity index (χ4v) is 1.80. The molecule has 0 aliphatic carbocycles. The molecule has 0 saturated carbocycles. The first kappa shape index (κ1) is 16.1. The molecule has 1 amide bonds. The molecular formula is C15H24N2O3. The van der Waals surface area contributed by atoms with Gasteiger partial charge in [0.15, 0.2) is 6.10 Å². The summed E-state index contributed by atoms with van der Waals surface area (Å²) in [7, 11) is 1.57. The Labute approximate surface area is 120 Å². The lowest BCUT2D eigenvalue weighted by molar-refractivity contribution is -0.128. The number of amides is 1. The van der Waals surface area contributed by atoms with E-state index >= 15 is 0 Å². The van der Waals surface area contributed by atoms with Crippen LogP contribution in [0.15, 0.2) is 18.2 Å². The summed E-state index contributed by atoms with van der Waals surface area (Å²) in [6, 6.07) is 5.30. The van der Waals surface area contributed by atoms with E-state index in [1.54, 1.807) is 32.2 Å². The number of hydrogen-bond acceptors (Lipinski definition) is 4. The number of methoxy groups -OCH3 is 1. The number of ether oxygens (including phenoxy) is 2. The maximum atomic E-state index is 12.0. The standard InChI is InChI=1S/C15H24N2O3/c1-5-11(6-2)17-15(18)10(3)20-14-9-12(19-4)7-8-13(14)16/h7-11H,5-6,16H2,1-4H3,(H,17,18). The van der Waals surface area contributed by atoms with Crippen LogP contribution >= 0.6 is 0 Å². The van der Waals surface area contributed by atoms with Crippen molar-refractivity contribution in [1.29, 1.82) is 0 Å². The smallest absolute Gasteiger partial charge is 0.260 e. The zero-order valence-electron chi connectivity index (χ0n) is 12.6. The third kappa shape index (κ3) is 4.33. The van der Waals surface area contributed by atoms with Crippen molar-refractivity contribution in [1.82, 2.24) is 5.32 Å². The van der Waals surface area contributed by atoms with Crippen molar-refractivity contribution in [2.45, 2.75) is 45.8 Å². The van der Waals surface area contributed by atoms with Crippen LogP contribution in [-0.4, -0.2) is 25.2 Å². The van der Waals surface area contributed by atoms with Gasteiger partial charge in [-0.15, -0.1) is 0 Å². The Balaban J connectivity index is 2.70. The monoisotopic (exact) mass is 280 g/mol. The molecule has 1 unspecified atom stereocenters. The zero-order chi connectivity index (χ0) is 15.1. The van der Waals surface area contributed by atoms with Gasteiger partial charge >= 0.3 is 0 Å². The molecule has 20 heavy (non-hydrogen) atoms. The van der Waals surface area contributed by atoms with Crippen LogP contribution in [0.3, 0.4) is 0 Å². The highest BCUT2D eigenvalue weighted by atomic mass is 16.5. The molecule has 0 spiro atoms. The van der Waals surface area contributed by atoms with Crippen molar-refractivity contribution < 1.29 is 14.3 Å². The lowest BCUT2D eigenvalue weighted by atomic mass is 10.1. The Morgan fingerprint density at radius 3 is 2.55 bits per heavy atom. The van der Waals surface area contributed by atoms with Crippen molar-refractivity contribution in [3.8, 4) is 11.5 Å². The maximum Gasteiger partial charge on any atom is 0.260 e. The van der Waals surface area contributed by atoms with E-state index in [-0.39, 0.29) is 11.9 Å². The van der Waals surface area contributed by atoms with Crippen LogP contribution in [0.4, 0.5) is 5.69 Å². The van der Waals surface area contributed by atoms with Crippen molar-refractivity contribution in [3.05, 3.63) is 18.2 Å². The molecule has 1 aromatic carbocycles. The molecule has 1 rings (SSSR count). The average Bonchev–Trinajstić information content (AvgIpc) is 2.46. The van der Waals surface area contributed by atoms with Crippen LogP contribution in [-0.2, 0) is 4.79 Å². The van der Waals surface area contributed by atoms with E-state index in [2.05, 4.69) is 5.32 Å². The van der Waals surface area contributed by atoms with Gasteiger partial charge in [0.2, 0.25) is 0 Å². The number of rotatable bonds is 7. The Bertz CT molecular complexity index is 445. The van der Waals surface area contributed by atoms with Gasteiger partial charge in [-0.1, -0.05) is 13.8 Å². The molecular weight excluding hydrogens is 256 g/mol. The van der Waals surface area contributed by atoms with Gasteiger partial charge in [-0.25, -0.2) is 0 Å². The number of benzene rings is 1. The fourth-order valence-electron chi connectivity index (χ4n) is 1.80. The molecule has 0 aliphatic heterocycles. The molecule has 3 N–H and O–H groups in total. The minimum atomic E-state index is -0.606. The summed E-state index contributed by atoms with van der Waals surface area (Å²) in [5.41, 5.74) is 6.31. The van der Waals surface area contributed by atoms with E-state index in [0.717, 1.165) is 12.8 Å². The second-order valence-electron chi connectivity index (χ2n) is 4.69. The molecule has 0 aliphatic rings. The number of nitrogens with two attached hydrogens (primary N) is 1. The third-order valence-electron chi connectivity index (χ3n) is 3.23. The van der Waals surface area contributed by atoms with Gasteiger partial charge in [0.1, 0.15) is 11.5 Å². The minimum Gasteiger partial charge on any atom is -0.497 e. The maximum absolute atomic E-state index is 12.0. The average molecular weight is 280 g/mol. The van der Waals surface area contributed by atoms with Crippen LogP contribution in [0.2, 0.25) is 0 Å². The van der Waals surface area contributed by atoms with Gasteiger partial charge < -0.3 is 20.5 Å². The van der Waals surface area contributed by atoms with E-state index in [1.165, 1.54) is 0 Å². The van der Waals surface area contributed by atoms with E-state index in [0.29, 0.717) is 17.2 Å². The molecule has 0 bridgehead atoms. The lowest BCUT2D eigenvalue weighted by Gasteiger charge is -2.20. The molecule has 0 aromatic heterocycles. The summed E-state index contributed by atoms with van der Waals surface area (Å²) < 4.78 is 10.7. The minimum absolute atomic E-state index is 0.138. The van der Waals surface area contributed by atoms with Crippen LogP contribution in [0, 0.1) is 0 Å². The molecule has 0 saturated heterocycles. The highest BCUT2D eigenvalue weighted by Gasteiger charge is 2.18. The van der Waals surface area contributed by atoms with Gasteiger partial charge in [0.25, 0.3) is 5.91 Å². The van der Waals surface area contributed by atoms with E-state index in [9.17, 15) is 4.79 Å². The normalized spacial score (nSPS) is 12.1. The Hall–Kier alpha value is -1.91. The van der Waals surface area contributed by atoms with Gasteiger partial charge in [-0.2, -0.15) is 0 Å². The second kappa shape index (κ2) is 7.62. The molecule has 5 nitrogen and oxygen atoms in total. The number of hydrogen-bond donors (Lipinski definition) is 2. The highest BCUT2D eigenvalue weighted by molar-refractivity contribution is 5.81. The van der Waals surface area contributed by atoms with Crippen molar-refractivity contribution in [3.63, 3.8) is 0 Å². The lowest BCUT2D eigenvalue weighted by Crippen LogP contribution is -2.42. The fraction of sp³-hybridized carbons (Fsp3) is 0.533. The van der Waals surface area contributed by atoms with Gasteiger partial charge in [-0.3, -0.25) is 4.79 Å². The number of nitrogen functional groups attached to an aromatic ring is 1. The summed E-state index contributed by atoms with van der Waals surface area (Å²) in [5, 5.41) is 2.95. The SMILES string of the molecule is CCC(CC)NC(=O)C(C)Oc1cc(OC)ccc1N. The summed E-state index contributed by atoms with van der Waals surface area (Å²) in [5.74, 6) is 0.958. The Morgan fingerprint density at radius 1 is 1.35 bits per heavy atom. The zero-order valence-corrected chi connectivity index (χ0v) is 12.6. The van der Waals surface area contributed by atoms with Gasteiger partial charge in [0.05, 0.1) is 12.8 Å². The molecule has 0 radical (unpaired) electrons. The first-order valence-electron chi connectivity index (χ1n) is 6.92. The second-order valence-corrected chi connectivity index (χ2v) is 4.69. The molecule has 5 heteroatoms. The van der Waals surface area contributed by atoms with E-state index in [4.69, 9.17) is 15.2 Å². The van der Waals surface area contributed by atoms with Crippen LogP contribution in [0.25, 0.3) is 0 Å². The first-order valence-corrected chi connectivity index (χ1v) is 6.92. The summed E-state index contributed by atoms with van der Waals surface area (Å²) in [6.45, 7) is 5.79. The summed E-state index contributed by atoms with van der Waals surface area (Å²) >= 11 is 0. The molecule has 0 heterocycles. The predicted molar refractivity (Wildman–Crippen MR) is 80.0 cm³/mol. The highest BCUT2D eigenvalue weighted by Crippen LogP contribution is 2.27. The van der Waals surface area contributed by atoms with Crippen molar-refractivity contribution in [2.24, 2.45) is 0 Å². The molecule has 112 valence electrons. The Kier molecular flexibility index (Phi) is 6.15. The Morgan fingerprint density at radius 2 is 2.00 bits per heavy atom. The topological polar surface area (TPSA) is 73.6 Å². The number of nitrogens with one attached hydrogen (secondary N) is 1. The summed E-state index contributed by atoms with van der Waals surface area (Å²) in [6.07, 6.45) is 1.19. The first-order chi connectivity index (χ1) is 9.51. The van der Waals surface area contributed by atoms with Gasteiger partial charge in [0, 0.05) is 12.1 Å².